The van der Waals surface area contributed by atoms with Crippen molar-refractivity contribution < 1.29 is 9.53 Å². The normalized spacial score (nSPS) is 12.5. The Labute approximate surface area is 132 Å². The Morgan fingerprint density at radius 1 is 1.52 bits per heavy atom. The number of aromatic nitrogens is 1. The summed E-state index contributed by atoms with van der Waals surface area (Å²) < 4.78 is 7.40. The highest BCUT2D eigenvalue weighted by atomic mass is 35.5. The lowest BCUT2D eigenvalue weighted by molar-refractivity contribution is 0.0848. The van der Waals surface area contributed by atoms with Crippen LogP contribution in [0.1, 0.15) is 23.0 Å². The first-order valence-electron chi connectivity index (χ1n) is 6.89. The van der Waals surface area contributed by atoms with Crippen LogP contribution in [0.15, 0.2) is 17.1 Å². The van der Waals surface area contributed by atoms with E-state index in [0.29, 0.717) is 28.7 Å². The Hall–Kier alpha value is -1.17. The highest BCUT2D eigenvalue weighted by molar-refractivity contribution is 6.76. The van der Waals surface area contributed by atoms with Crippen LogP contribution in [0, 0.1) is 0 Å². The van der Waals surface area contributed by atoms with Crippen molar-refractivity contribution in [2.24, 2.45) is 4.99 Å². The third-order valence-corrected chi connectivity index (χ3v) is 5.22. The summed E-state index contributed by atoms with van der Waals surface area (Å²) in [5.74, 6) is 0.563. The molecule has 21 heavy (non-hydrogen) atoms. The molecule has 0 fully saturated rings. The summed E-state index contributed by atoms with van der Waals surface area (Å²) in [6.07, 6.45) is 2.54. The molecule has 1 heterocycles. The summed E-state index contributed by atoms with van der Waals surface area (Å²) in [7, 11) is -1.13. The lowest BCUT2D eigenvalue weighted by Crippen LogP contribution is -2.22. The summed E-state index contributed by atoms with van der Waals surface area (Å²) >= 11 is 6.15. The smallest absolute Gasteiger partial charge is 0.166 e. The van der Waals surface area contributed by atoms with Crippen LogP contribution >= 0.6 is 11.6 Å². The number of aldehydes is 1. The highest BCUT2D eigenvalue weighted by Crippen LogP contribution is 2.32. The Balaban J connectivity index is 2.92. The first-order chi connectivity index (χ1) is 9.84. The largest absolute Gasteiger partial charge is 0.361 e. The number of allylic oxidation sites excluding steroid dienone is 1. The Morgan fingerprint density at radius 2 is 2.19 bits per heavy atom. The minimum Gasteiger partial charge on any atom is -0.361 e. The van der Waals surface area contributed by atoms with E-state index >= 15 is 0 Å². The predicted molar refractivity (Wildman–Crippen MR) is 92.6 cm³/mol. The van der Waals surface area contributed by atoms with Gasteiger partial charge >= 0.3 is 0 Å². The van der Waals surface area contributed by atoms with Gasteiger partial charge in [-0.15, -0.1) is 0 Å². The van der Waals surface area contributed by atoms with Gasteiger partial charge in [0, 0.05) is 25.3 Å². The summed E-state index contributed by atoms with van der Waals surface area (Å²) in [6, 6.07) is 2.78. The molecular weight excluding hydrogens is 304 g/mol. The Bertz CT molecular complexity index is 545. The molecule has 6 heteroatoms. The molecule has 0 aliphatic rings. The maximum atomic E-state index is 11.2. The number of hydrogen-bond acceptors (Lipinski definition) is 3. The van der Waals surface area contributed by atoms with E-state index in [1.807, 2.05) is 6.92 Å². The average molecular weight is 327 g/mol. The molecule has 0 aromatic carbocycles. The highest BCUT2D eigenvalue weighted by Gasteiger charge is 2.17. The van der Waals surface area contributed by atoms with Gasteiger partial charge in [-0.1, -0.05) is 37.3 Å². The van der Waals surface area contributed by atoms with E-state index in [4.69, 9.17) is 16.3 Å². The van der Waals surface area contributed by atoms with Crippen LogP contribution in [0.3, 0.4) is 0 Å². The molecule has 116 valence electrons. The second-order valence-corrected chi connectivity index (χ2v) is 12.0. The number of aliphatic imine (C=N–C) groups is 1. The summed E-state index contributed by atoms with van der Waals surface area (Å²) in [5.41, 5.74) is 1.19. The van der Waals surface area contributed by atoms with Crippen molar-refractivity contribution in [3.05, 3.63) is 23.4 Å². The van der Waals surface area contributed by atoms with Crippen molar-refractivity contribution in [2.75, 3.05) is 6.61 Å². The van der Waals surface area contributed by atoms with Gasteiger partial charge in [-0.2, -0.15) is 0 Å². The number of ether oxygens (including phenoxy) is 1. The molecule has 1 aromatic rings. The van der Waals surface area contributed by atoms with Crippen LogP contribution in [0.5, 0.6) is 0 Å². The monoisotopic (exact) mass is 326 g/mol. The van der Waals surface area contributed by atoms with Crippen molar-refractivity contribution >= 4 is 43.5 Å². The maximum absolute atomic E-state index is 11.2. The molecule has 0 N–H and O–H groups in total. The molecule has 1 aromatic heterocycles. The second-order valence-electron chi connectivity index (χ2n) is 6.00. The van der Waals surface area contributed by atoms with Crippen LogP contribution in [-0.2, 0) is 11.5 Å². The number of carbonyl (C=O) groups is 1. The molecule has 0 saturated carbocycles. The van der Waals surface area contributed by atoms with E-state index in [0.717, 1.165) is 12.3 Å². The molecule has 0 amide bonds. The van der Waals surface area contributed by atoms with E-state index in [1.54, 1.807) is 16.7 Å². The Kier molecular flexibility index (Phi) is 6.58. The van der Waals surface area contributed by atoms with Crippen LogP contribution in [-0.4, -0.2) is 32.3 Å². The van der Waals surface area contributed by atoms with Gasteiger partial charge in [-0.3, -0.25) is 9.36 Å². The van der Waals surface area contributed by atoms with Gasteiger partial charge in [-0.05, 0) is 25.8 Å². The third-order valence-electron chi connectivity index (χ3n) is 3.10. The predicted octanol–water partition coefficient (Wildman–Crippen LogP) is 4.54. The van der Waals surface area contributed by atoms with E-state index < -0.39 is 8.07 Å². The molecule has 4 nitrogen and oxygen atoms in total. The molecule has 0 unspecified atom stereocenters. The van der Waals surface area contributed by atoms with Crippen LogP contribution in [0.25, 0.3) is 5.03 Å². The second kappa shape index (κ2) is 7.73. The average Bonchev–Trinajstić information content (AvgIpc) is 2.79. The standard InChI is InChI=1S/C15H23ClN2O2Si/c1-6-14(16)13-9-12(10-19)18(15(13)17-2)11-20-7-8-21(3,4)5/h6,9-10H,2,7-8,11H2,1,3-5H3/b14-6+. The van der Waals surface area contributed by atoms with Crippen LogP contribution < -0.4 is 0 Å². The van der Waals surface area contributed by atoms with Crippen molar-refractivity contribution in [1.82, 2.24) is 4.57 Å². The fraction of sp³-hybridized carbons (Fsp3) is 0.467. The van der Waals surface area contributed by atoms with Crippen molar-refractivity contribution in [3.63, 3.8) is 0 Å². The van der Waals surface area contributed by atoms with Gasteiger partial charge in [0.05, 0.1) is 5.69 Å². The zero-order chi connectivity index (χ0) is 16.0. The fourth-order valence-electron chi connectivity index (χ4n) is 1.83. The molecule has 0 radical (unpaired) electrons. The minimum absolute atomic E-state index is 0.279. The minimum atomic E-state index is -1.13. The van der Waals surface area contributed by atoms with E-state index in [1.165, 1.54) is 0 Å². The van der Waals surface area contributed by atoms with Crippen molar-refractivity contribution in [1.29, 1.82) is 0 Å². The van der Waals surface area contributed by atoms with Gasteiger partial charge in [0.25, 0.3) is 0 Å². The van der Waals surface area contributed by atoms with Gasteiger partial charge in [-0.25, -0.2) is 4.99 Å². The zero-order valence-corrected chi connectivity index (χ0v) is 14.9. The quantitative estimate of drug-likeness (QED) is 0.304. The molecule has 0 aliphatic carbocycles. The molecule has 0 atom stereocenters. The number of halogens is 1. The van der Waals surface area contributed by atoms with Gasteiger partial charge in [0.1, 0.15) is 12.5 Å². The van der Waals surface area contributed by atoms with E-state index in [2.05, 4.69) is 31.4 Å². The van der Waals surface area contributed by atoms with Crippen LogP contribution in [0.4, 0.5) is 5.82 Å². The van der Waals surface area contributed by atoms with Crippen molar-refractivity contribution in [2.45, 2.75) is 39.3 Å². The summed E-state index contributed by atoms with van der Waals surface area (Å²) in [5, 5.41) is 0.543. The molecule has 0 bridgehead atoms. The molecule has 0 saturated heterocycles. The van der Waals surface area contributed by atoms with Gasteiger partial charge in [0.2, 0.25) is 0 Å². The lowest BCUT2D eigenvalue weighted by Gasteiger charge is -2.16. The first kappa shape index (κ1) is 17.9. The van der Waals surface area contributed by atoms with E-state index in [9.17, 15) is 4.79 Å². The zero-order valence-electron chi connectivity index (χ0n) is 13.1. The molecule has 0 spiro atoms. The SMILES string of the molecule is C=Nc1c(/C(Cl)=C\C)cc(C=O)n1COCC[Si](C)(C)C. The summed E-state index contributed by atoms with van der Waals surface area (Å²) in [6.45, 7) is 13.2. The van der Waals surface area contributed by atoms with E-state index in [-0.39, 0.29) is 6.73 Å². The number of hydrogen-bond donors (Lipinski definition) is 0. The van der Waals surface area contributed by atoms with Gasteiger partial charge in [0.15, 0.2) is 6.29 Å². The Morgan fingerprint density at radius 3 is 2.67 bits per heavy atom. The molecule has 1 rings (SSSR count). The topological polar surface area (TPSA) is 43.6 Å². The summed E-state index contributed by atoms with van der Waals surface area (Å²) in [4.78, 5) is 15.2. The number of nitrogens with zero attached hydrogens (tertiary/aromatic N) is 2. The number of carbonyl (C=O) groups excluding carboxylic acids is 1. The fourth-order valence-corrected chi connectivity index (χ4v) is 2.72. The van der Waals surface area contributed by atoms with Crippen molar-refractivity contribution in [3.8, 4) is 0 Å². The number of rotatable bonds is 8. The molecular formula is C15H23ClN2O2Si. The van der Waals surface area contributed by atoms with Crippen LogP contribution in [0.2, 0.25) is 25.7 Å². The lowest BCUT2D eigenvalue weighted by atomic mass is 10.2. The van der Waals surface area contributed by atoms with Gasteiger partial charge < -0.3 is 4.74 Å². The maximum Gasteiger partial charge on any atom is 0.166 e. The molecule has 0 aliphatic heterocycles. The third kappa shape index (κ3) is 4.95. The first-order valence-corrected chi connectivity index (χ1v) is 11.0.